The van der Waals surface area contributed by atoms with Crippen LogP contribution in [-0.2, 0) is 14.4 Å². The zero-order chi connectivity index (χ0) is 18.1. The third kappa shape index (κ3) is 6.99. The minimum Gasteiger partial charge on any atom is -0.481 e. The van der Waals surface area contributed by atoms with Crippen LogP contribution in [0.25, 0.3) is 0 Å². The summed E-state index contributed by atoms with van der Waals surface area (Å²) in [6.45, 7) is 5.02. The van der Waals surface area contributed by atoms with Crippen molar-refractivity contribution in [2.24, 2.45) is 5.92 Å². The molecule has 0 radical (unpaired) electrons. The molecule has 0 aliphatic heterocycles. The summed E-state index contributed by atoms with van der Waals surface area (Å²) in [5, 5.41) is 2.49. The Kier molecular flexibility index (Phi) is 8.25. The van der Waals surface area contributed by atoms with E-state index in [1.165, 1.54) is 0 Å². The van der Waals surface area contributed by atoms with E-state index in [4.69, 9.17) is 4.74 Å². The summed E-state index contributed by atoms with van der Waals surface area (Å²) >= 11 is 3.31. The van der Waals surface area contributed by atoms with Crippen LogP contribution in [0.5, 0.6) is 5.75 Å². The predicted molar refractivity (Wildman–Crippen MR) is 93.0 cm³/mol. The van der Waals surface area contributed by atoms with Gasteiger partial charge in [-0.15, -0.1) is 0 Å². The molecule has 0 aliphatic rings. The summed E-state index contributed by atoms with van der Waals surface area (Å²) in [7, 11) is 0. The molecule has 0 saturated carbocycles. The molecule has 1 aromatic rings. The van der Waals surface area contributed by atoms with E-state index in [2.05, 4.69) is 32.1 Å². The van der Waals surface area contributed by atoms with Crippen molar-refractivity contribution >= 4 is 33.7 Å². The summed E-state index contributed by atoms with van der Waals surface area (Å²) in [6.07, 6.45) is -0.108. The monoisotopic (exact) mass is 399 g/mol. The lowest BCUT2D eigenvalue weighted by atomic mass is 10.1. The van der Waals surface area contributed by atoms with Crippen LogP contribution < -0.4 is 20.9 Å². The average molecular weight is 400 g/mol. The lowest BCUT2D eigenvalue weighted by Crippen LogP contribution is -2.50. The number of amides is 3. The molecule has 0 saturated heterocycles. The number of benzene rings is 1. The Morgan fingerprint density at radius 1 is 1.17 bits per heavy atom. The lowest BCUT2D eigenvalue weighted by molar-refractivity contribution is -0.133. The highest BCUT2D eigenvalue weighted by Gasteiger charge is 2.16. The summed E-state index contributed by atoms with van der Waals surface area (Å²) in [5.74, 6) is -0.859. The molecule has 0 aliphatic carbocycles. The molecule has 0 fully saturated rings. The maximum absolute atomic E-state index is 11.9. The van der Waals surface area contributed by atoms with Crippen LogP contribution in [0.1, 0.15) is 27.2 Å². The first kappa shape index (κ1) is 20.0. The van der Waals surface area contributed by atoms with Crippen LogP contribution in [0.15, 0.2) is 28.7 Å². The Morgan fingerprint density at radius 2 is 1.88 bits per heavy atom. The number of hydrazine groups is 1. The molecule has 8 heteroatoms. The van der Waals surface area contributed by atoms with Gasteiger partial charge in [0.25, 0.3) is 11.8 Å². The zero-order valence-corrected chi connectivity index (χ0v) is 15.5. The van der Waals surface area contributed by atoms with Crippen molar-refractivity contribution < 1.29 is 19.1 Å². The number of hydrogen-bond acceptors (Lipinski definition) is 4. The third-order valence-corrected chi connectivity index (χ3v) is 3.78. The van der Waals surface area contributed by atoms with E-state index in [9.17, 15) is 14.4 Å². The standard InChI is InChI=1S/C16H22BrN3O4/c1-4-10(2)15(22)18-9-14(21)19-20-16(23)11(3)24-13-7-5-6-12(17)8-13/h5-8,10-11H,4,9H2,1-3H3,(H,18,22)(H,19,21)(H,20,23). The second-order valence-corrected chi connectivity index (χ2v) is 6.20. The Labute approximate surface area is 149 Å². The van der Waals surface area contributed by atoms with E-state index in [0.717, 1.165) is 4.47 Å². The molecule has 7 nitrogen and oxygen atoms in total. The SMILES string of the molecule is CCC(C)C(=O)NCC(=O)NNC(=O)C(C)Oc1cccc(Br)c1. The number of carbonyl (C=O) groups is 3. The fourth-order valence-electron chi connectivity index (χ4n) is 1.60. The van der Waals surface area contributed by atoms with Gasteiger partial charge in [0.2, 0.25) is 5.91 Å². The maximum atomic E-state index is 11.9. The first-order valence-electron chi connectivity index (χ1n) is 7.62. The van der Waals surface area contributed by atoms with Gasteiger partial charge >= 0.3 is 0 Å². The first-order valence-corrected chi connectivity index (χ1v) is 8.41. The van der Waals surface area contributed by atoms with Crippen LogP contribution in [0.3, 0.4) is 0 Å². The summed E-state index contributed by atoms with van der Waals surface area (Å²) < 4.78 is 6.30. The highest BCUT2D eigenvalue weighted by Crippen LogP contribution is 2.18. The van der Waals surface area contributed by atoms with Crippen molar-refractivity contribution in [1.29, 1.82) is 0 Å². The topological polar surface area (TPSA) is 96.5 Å². The number of rotatable bonds is 7. The van der Waals surface area contributed by atoms with Crippen LogP contribution >= 0.6 is 15.9 Å². The van der Waals surface area contributed by atoms with Gasteiger partial charge in [0.1, 0.15) is 5.75 Å². The van der Waals surface area contributed by atoms with Gasteiger partial charge in [-0.1, -0.05) is 35.8 Å². The molecule has 1 rings (SSSR count). The first-order chi connectivity index (χ1) is 11.3. The van der Waals surface area contributed by atoms with Gasteiger partial charge in [-0.25, -0.2) is 0 Å². The van der Waals surface area contributed by atoms with Crippen LogP contribution in [0.4, 0.5) is 0 Å². The Bertz CT molecular complexity index is 594. The van der Waals surface area contributed by atoms with Gasteiger partial charge in [-0.3, -0.25) is 25.2 Å². The largest absolute Gasteiger partial charge is 0.481 e. The molecule has 1 aromatic carbocycles. The van der Waals surface area contributed by atoms with Crippen LogP contribution in [0, 0.1) is 5.92 Å². The van der Waals surface area contributed by atoms with E-state index in [1.54, 1.807) is 32.0 Å². The van der Waals surface area contributed by atoms with Crippen molar-refractivity contribution in [2.75, 3.05) is 6.54 Å². The van der Waals surface area contributed by atoms with Crippen molar-refractivity contribution in [3.8, 4) is 5.75 Å². The van der Waals surface area contributed by atoms with Crippen molar-refractivity contribution in [3.63, 3.8) is 0 Å². The average Bonchev–Trinajstić information content (AvgIpc) is 2.56. The number of carbonyl (C=O) groups excluding carboxylic acids is 3. The molecule has 2 atom stereocenters. The Morgan fingerprint density at radius 3 is 2.50 bits per heavy atom. The van der Waals surface area contributed by atoms with E-state index in [-0.39, 0.29) is 18.4 Å². The van der Waals surface area contributed by atoms with E-state index < -0.39 is 17.9 Å². The summed E-state index contributed by atoms with van der Waals surface area (Å²) in [6, 6.07) is 7.07. The Hall–Kier alpha value is -2.09. The van der Waals surface area contributed by atoms with Gasteiger partial charge in [0.15, 0.2) is 6.10 Å². The fraction of sp³-hybridized carbons (Fsp3) is 0.438. The Balaban J connectivity index is 2.34. The zero-order valence-electron chi connectivity index (χ0n) is 13.9. The maximum Gasteiger partial charge on any atom is 0.279 e. The molecule has 0 aromatic heterocycles. The predicted octanol–water partition coefficient (Wildman–Crippen LogP) is 1.53. The van der Waals surface area contributed by atoms with E-state index in [0.29, 0.717) is 12.2 Å². The fourth-order valence-corrected chi connectivity index (χ4v) is 1.98. The van der Waals surface area contributed by atoms with Crippen molar-refractivity contribution in [2.45, 2.75) is 33.3 Å². The van der Waals surface area contributed by atoms with Gasteiger partial charge in [-0.2, -0.15) is 0 Å². The second kappa shape index (κ2) is 9.92. The molecule has 24 heavy (non-hydrogen) atoms. The number of hydrogen-bond donors (Lipinski definition) is 3. The minimum absolute atomic E-state index is 0.161. The molecule has 3 N–H and O–H groups in total. The van der Waals surface area contributed by atoms with Gasteiger partial charge in [-0.05, 0) is 31.5 Å². The third-order valence-electron chi connectivity index (χ3n) is 3.29. The van der Waals surface area contributed by atoms with Crippen LogP contribution in [-0.4, -0.2) is 30.4 Å². The highest BCUT2D eigenvalue weighted by atomic mass is 79.9. The molecule has 0 heterocycles. The number of nitrogens with one attached hydrogen (secondary N) is 3. The molecular formula is C16H22BrN3O4. The molecule has 3 amide bonds. The molecule has 0 bridgehead atoms. The van der Waals surface area contributed by atoms with E-state index in [1.807, 2.05) is 13.0 Å². The number of halogens is 1. The van der Waals surface area contributed by atoms with Crippen molar-refractivity contribution in [3.05, 3.63) is 28.7 Å². The quantitative estimate of drug-likeness (QED) is 0.605. The van der Waals surface area contributed by atoms with Crippen molar-refractivity contribution in [1.82, 2.24) is 16.2 Å². The molecule has 132 valence electrons. The molecule has 2 unspecified atom stereocenters. The van der Waals surface area contributed by atoms with Gasteiger partial charge < -0.3 is 10.1 Å². The molecule has 0 spiro atoms. The number of ether oxygens (including phenoxy) is 1. The van der Waals surface area contributed by atoms with Gasteiger partial charge in [0.05, 0.1) is 6.54 Å². The van der Waals surface area contributed by atoms with E-state index >= 15 is 0 Å². The smallest absolute Gasteiger partial charge is 0.279 e. The summed E-state index contributed by atoms with van der Waals surface area (Å²) in [4.78, 5) is 35.0. The normalized spacial score (nSPS) is 12.7. The minimum atomic E-state index is -0.797. The summed E-state index contributed by atoms with van der Waals surface area (Å²) in [5.41, 5.74) is 4.49. The highest BCUT2D eigenvalue weighted by molar-refractivity contribution is 9.10. The molecular weight excluding hydrogens is 378 g/mol. The lowest BCUT2D eigenvalue weighted by Gasteiger charge is -2.15. The van der Waals surface area contributed by atoms with Crippen LogP contribution in [0.2, 0.25) is 0 Å². The second-order valence-electron chi connectivity index (χ2n) is 5.28. The van der Waals surface area contributed by atoms with Gasteiger partial charge in [0, 0.05) is 10.4 Å².